The molecule has 3 atom stereocenters. The summed E-state index contributed by atoms with van der Waals surface area (Å²) in [4.78, 5) is 42.9. The molecule has 0 aromatic carbocycles. The summed E-state index contributed by atoms with van der Waals surface area (Å²) in [6.45, 7) is 5.85. The Labute approximate surface area is 355 Å². The van der Waals surface area contributed by atoms with Crippen molar-refractivity contribution in [3.63, 3.8) is 0 Å². The fourth-order valence-electron chi connectivity index (χ4n) is 6.59. The maximum absolute atomic E-state index is 12.4. The highest BCUT2D eigenvalue weighted by Crippen LogP contribution is 2.36. The van der Waals surface area contributed by atoms with Crippen molar-refractivity contribution in [2.24, 2.45) is 5.92 Å². The smallest absolute Gasteiger partial charge is 0.462 e. The first-order valence-electron chi connectivity index (χ1n) is 23.4. The standard InChI is InChI=1S/C48H87O9P/c1-4-37-45(49)39-34-30-26-22-18-14-12-16-20-24-28-32-36-41-48(51)57-46(43-56-58(52,53)54)42-55-47(50)40-35-31-27-23-19-15-11-9-7-6-8-10-13-17-21-25-29-33-38-44(3)5-2/h12,16,18,22,24,28,30,34,44-46,49H,4-11,13-15,17,19-21,23,25-27,29,31-33,35-43H2,1-3H3,(H2,52,53,54)/b16-12-,22-18-,28-24-,34-30-/t44?,45?,46-/m1/s1. The minimum Gasteiger partial charge on any atom is -0.462 e. The molecule has 0 amide bonds. The summed E-state index contributed by atoms with van der Waals surface area (Å²) < 4.78 is 26.4. The van der Waals surface area contributed by atoms with E-state index < -0.39 is 32.5 Å². The van der Waals surface area contributed by atoms with Crippen LogP contribution in [0.5, 0.6) is 0 Å². The van der Waals surface area contributed by atoms with Crippen LogP contribution in [-0.2, 0) is 28.2 Å². The Kier molecular flexibility index (Phi) is 40.2. The Morgan fingerprint density at radius 2 is 1.02 bits per heavy atom. The lowest BCUT2D eigenvalue weighted by Gasteiger charge is -2.18. The average molecular weight is 839 g/mol. The lowest BCUT2D eigenvalue weighted by Crippen LogP contribution is -2.29. The van der Waals surface area contributed by atoms with Gasteiger partial charge in [-0.05, 0) is 57.3 Å². The molecule has 0 aliphatic carbocycles. The molecule has 0 saturated carbocycles. The molecule has 0 heterocycles. The van der Waals surface area contributed by atoms with E-state index in [0.717, 1.165) is 50.9 Å². The number of aliphatic hydroxyl groups excluding tert-OH is 1. The Morgan fingerprint density at radius 1 is 0.569 bits per heavy atom. The van der Waals surface area contributed by atoms with Gasteiger partial charge in [0.2, 0.25) is 0 Å². The normalized spacial score (nSPS) is 14.0. The monoisotopic (exact) mass is 839 g/mol. The molecule has 58 heavy (non-hydrogen) atoms. The van der Waals surface area contributed by atoms with Crippen molar-refractivity contribution in [1.82, 2.24) is 0 Å². The third-order valence-corrected chi connectivity index (χ3v) is 10.9. The molecule has 3 N–H and O–H groups in total. The van der Waals surface area contributed by atoms with E-state index in [1.807, 2.05) is 18.2 Å². The molecular formula is C48H87O9P. The molecule has 0 radical (unpaired) electrons. The van der Waals surface area contributed by atoms with Crippen LogP contribution in [0.1, 0.15) is 213 Å². The van der Waals surface area contributed by atoms with Gasteiger partial charge in [0.25, 0.3) is 0 Å². The fraction of sp³-hybridized carbons (Fsp3) is 0.792. The molecule has 0 rings (SSSR count). The first-order valence-corrected chi connectivity index (χ1v) is 24.9. The van der Waals surface area contributed by atoms with E-state index in [9.17, 15) is 19.3 Å². The number of allylic oxidation sites excluding steroid dienone is 7. The second kappa shape index (κ2) is 41.7. The Hall–Kier alpha value is -2.03. The zero-order valence-corrected chi connectivity index (χ0v) is 38.1. The van der Waals surface area contributed by atoms with E-state index in [0.29, 0.717) is 25.7 Å². The lowest BCUT2D eigenvalue weighted by molar-refractivity contribution is -0.161. The third-order valence-electron chi connectivity index (χ3n) is 10.4. The molecule has 0 aliphatic rings. The van der Waals surface area contributed by atoms with Gasteiger partial charge in [-0.3, -0.25) is 14.1 Å². The number of phosphoric acid groups is 1. The predicted molar refractivity (Wildman–Crippen MR) is 240 cm³/mol. The molecule has 2 unspecified atom stereocenters. The molecule has 0 fully saturated rings. The minimum atomic E-state index is -4.78. The van der Waals surface area contributed by atoms with Crippen LogP contribution < -0.4 is 0 Å². The van der Waals surface area contributed by atoms with Gasteiger partial charge < -0.3 is 24.4 Å². The highest BCUT2D eigenvalue weighted by molar-refractivity contribution is 7.46. The molecule has 0 saturated heterocycles. The van der Waals surface area contributed by atoms with Gasteiger partial charge in [-0.1, -0.05) is 198 Å². The van der Waals surface area contributed by atoms with Crippen LogP contribution in [0.3, 0.4) is 0 Å². The number of carbonyl (C=O) groups is 2. The molecule has 0 aromatic rings. The summed E-state index contributed by atoms with van der Waals surface area (Å²) in [5.74, 6) is -0.0686. The van der Waals surface area contributed by atoms with Gasteiger partial charge in [0.1, 0.15) is 6.61 Å². The number of carbonyl (C=O) groups excluding carboxylic acids is 2. The van der Waals surface area contributed by atoms with Crippen LogP contribution in [0.4, 0.5) is 0 Å². The molecule has 0 bridgehead atoms. The van der Waals surface area contributed by atoms with Crippen molar-refractivity contribution in [3.8, 4) is 0 Å². The quantitative estimate of drug-likeness (QED) is 0.0237. The van der Waals surface area contributed by atoms with Crippen LogP contribution in [-0.4, -0.2) is 52.3 Å². The molecular weight excluding hydrogens is 751 g/mol. The van der Waals surface area contributed by atoms with Crippen molar-refractivity contribution in [2.75, 3.05) is 13.2 Å². The van der Waals surface area contributed by atoms with Crippen molar-refractivity contribution in [2.45, 2.75) is 226 Å². The van der Waals surface area contributed by atoms with Crippen molar-refractivity contribution < 1.29 is 43.0 Å². The van der Waals surface area contributed by atoms with E-state index in [4.69, 9.17) is 19.3 Å². The lowest BCUT2D eigenvalue weighted by atomic mass is 9.99. The van der Waals surface area contributed by atoms with E-state index >= 15 is 0 Å². The Bertz CT molecular complexity index is 1110. The van der Waals surface area contributed by atoms with Crippen LogP contribution in [0, 0.1) is 5.92 Å². The van der Waals surface area contributed by atoms with Crippen LogP contribution >= 0.6 is 7.82 Å². The zero-order chi connectivity index (χ0) is 42.8. The number of hydrogen-bond acceptors (Lipinski definition) is 7. The van der Waals surface area contributed by atoms with E-state index in [1.54, 1.807) is 0 Å². The second-order valence-corrected chi connectivity index (χ2v) is 17.4. The maximum atomic E-state index is 12.4. The highest BCUT2D eigenvalue weighted by Gasteiger charge is 2.22. The summed E-state index contributed by atoms with van der Waals surface area (Å²) in [6.07, 6.45) is 47.6. The van der Waals surface area contributed by atoms with Crippen molar-refractivity contribution >= 4 is 19.8 Å². The van der Waals surface area contributed by atoms with Crippen molar-refractivity contribution in [1.29, 1.82) is 0 Å². The second-order valence-electron chi connectivity index (χ2n) is 16.2. The molecule has 0 spiro atoms. The topological polar surface area (TPSA) is 140 Å². The predicted octanol–water partition coefficient (Wildman–Crippen LogP) is 13.5. The van der Waals surface area contributed by atoms with E-state index in [-0.39, 0.29) is 25.6 Å². The summed E-state index contributed by atoms with van der Waals surface area (Å²) in [7, 11) is -4.78. The van der Waals surface area contributed by atoms with Crippen LogP contribution in [0.15, 0.2) is 48.6 Å². The van der Waals surface area contributed by atoms with Gasteiger partial charge in [-0.15, -0.1) is 0 Å². The number of hydrogen-bond donors (Lipinski definition) is 3. The maximum Gasteiger partial charge on any atom is 0.469 e. The Morgan fingerprint density at radius 3 is 1.50 bits per heavy atom. The number of ether oxygens (including phenoxy) is 2. The third kappa shape index (κ3) is 43.5. The van der Waals surface area contributed by atoms with Gasteiger partial charge >= 0.3 is 19.8 Å². The largest absolute Gasteiger partial charge is 0.469 e. The number of esters is 2. The summed E-state index contributed by atoms with van der Waals surface area (Å²) in [5, 5.41) is 9.72. The van der Waals surface area contributed by atoms with E-state index in [1.165, 1.54) is 109 Å². The van der Waals surface area contributed by atoms with Crippen LogP contribution in [0.2, 0.25) is 0 Å². The number of unbranched alkanes of at least 4 members (excludes halogenated alkanes) is 18. The Balaban J connectivity index is 3.93. The minimum absolute atomic E-state index is 0.121. The van der Waals surface area contributed by atoms with Crippen molar-refractivity contribution in [3.05, 3.63) is 48.6 Å². The summed E-state index contributed by atoms with van der Waals surface area (Å²) in [6, 6.07) is 0. The first-order chi connectivity index (χ1) is 28.1. The summed E-state index contributed by atoms with van der Waals surface area (Å²) in [5.41, 5.74) is 0. The van der Waals surface area contributed by atoms with Gasteiger partial charge in [0, 0.05) is 12.8 Å². The molecule has 10 heteroatoms. The molecule has 9 nitrogen and oxygen atoms in total. The molecule has 338 valence electrons. The highest BCUT2D eigenvalue weighted by atomic mass is 31.2. The van der Waals surface area contributed by atoms with E-state index in [2.05, 4.69) is 55.7 Å². The number of rotatable bonds is 42. The van der Waals surface area contributed by atoms with Crippen LogP contribution in [0.25, 0.3) is 0 Å². The van der Waals surface area contributed by atoms with Gasteiger partial charge in [-0.25, -0.2) is 4.57 Å². The fourth-order valence-corrected chi connectivity index (χ4v) is 6.95. The number of phosphoric ester groups is 1. The molecule has 0 aliphatic heterocycles. The molecule has 0 aromatic heterocycles. The summed E-state index contributed by atoms with van der Waals surface area (Å²) >= 11 is 0. The zero-order valence-electron chi connectivity index (χ0n) is 37.2. The first kappa shape index (κ1) is 56.0. The van der Waals surface area contributed by atoms with Gasteiger partial charge in [0.15, 0.2) is 6.10 Å². The SMILES string of the molecule is CCCC(O)C/C=C\C/C=C\C/C=C\C/C=C\CCCC(=O)O[C@H](COC(=O)CCCCCCCCCCCCCCCCCCCCC(C)CC)COP(=O)(O)O. The van der Waals surface area contributed by atoms with Gasteiger partial charge in [-0.2, -0.15) is 0 Å². The number of aliphatic hydroxyl groups is 1. The van der Waals surface area contributed by atoms with Gasteiger partial charge in [0.05, 0.1) is 12.7 Å². The average Bonchev–Trinajstić information content (AvgIpc) is 3.19.